The third-order valence-electron chi connectivity index (χ3n) is 2.36. The molecule has 0 atom stereocenters. The first kappa shape index (κ1) is 14.9. The predicted molar refractivity (Wildman–Crippen MR) is 71.5 cm³/mol. The van der Waals surface area contributed by atoms with Crippen LogP contribution in [0.4, 0.5) is 5.69 Å². The largest absolute Gasteiger partial charge is 0.478 e. The first-order valence-corrected chi connectivity index (χ1v) is 5.72. The number of carboxylic acid groups (broad SMARTS) is 1. The Morgan fingerprint density at radius 3 is 2.26 bits per heavy atom. The zero-order valence-electron chi connectivity index (χ0n) is 10.4. The smallest absolute Gasteiger partial charge is 0.337 e. The summed E-state index contributed by atoms with van der Waals surface area (Å²) in [4.78, 5) is 33.3. The van der Waals surface area contributed by atoms with Gasteiger partial charge in [-0.15, -0.1) is 0 Å². The van der Waals surface area contributed by atoms with Gasteiger partial charge in [-0.25, -0.2) is 4.79 Å². The van der Waals surface area contributed by atoms with Crippen LogP contribution in [0.2, 0.25) is 5.02 Å². The number of carboxylic acids is 1. The van der Waals surface area contributed by atoms with Crippen molar-refractivity contribution in [3.8, 4) is 0 Å². The van der Waals surface area contributed by atoms with Gasteiger partial charge in [0.1, 0.15) is 0 Å². The van der Waals surface area contributed by atoms with E-state index in [1.54, 1.807) is 6.07 Å². The van der Waals surface area contributed by atoms with Crippen molar-refractivity contribution in [3.63, 3.8) is 0 Å². The number of carbonyl (C=O) groups is 3. The van der Waals surface area contributed by atoms with E-state index in [2.05, 4.69) is 5.32 Å². The molecule has 19 heavy (non-hydrogen) atoms. The Labute approximate surface area is 114 Å². The van der Waals surface area contributed by atoms with Crippen molar-refractivity contribution in [1.29, 1.82) is 0 Å². The van der Waals surface area contributed by atoms with Crippen LogP contribution in [0, 0.1) is 0 Å². The molecule has 0 bridgehead atoms. The number of nitrogens with one attached hydrogen (secondary N) is 1. The highest BCUT2D eigenvalue weighted by atomic mass is 35.5. The molecule has 0 aliphatic rings. The van der Waals surface area contributed by atoms with Crippen molar-refractivity contribution < 1.29 is 19.5 Å². The number of aromatic carboxylic acids is 1. The molecular weight excluding hydrogens is 270 g/mol. The zero-order valence-corrected chi connectivity index (χ0v) is 11.1. The Hall–Kier alpha value is -2.14. The highest BCUT2D eigenvalue weighted by Crippen LogP contribution is 2.26. The number of Topliss-reactive ketones (excluding diaryl/α,β-unsaturated/α-hetero) is 2. The molecule has 1 rings (SSSR count). The van der Waals surface area contributed by atoms with E-state index in [9.17, 15) is 14.4 Å². The van der Waals surface area contributed by atoms with Gasteiger partial charge in [0.25, 0.3) is 0 Å². The quantitative estimate of drug-likeness (QED) is 0.492. The molecule has 0 aromatic heterocycles. The van der Waals surface area contributed by atoms with E-state index >= 15 is 0 Å². The fourth-order valence-electron chi connectivity index (χ4n) is 1.41. The molecule has 1 aromatic carbocycles. The lowest BCUT2D eigenvalue weighted by atomic mass is 10.1. The molecule has 0 saturated heterocycles. The van der Waals surface area contributed by atoms with Crippen LogP contribution in [0.5, 0.6) is 0 Å². The zero-order chi connectivity index (χ0) is 14.6. The topological polar surface area (TPSA) is 83.5 Å². The maximum atomic E-state index is 11.2. The number of halogens is 1. The van der Waals surface area contributed by atoms with Gasteiger partial charge in [-0.3, -0.25) is 9.59 Å². The van der Waals surface area contributed by atoms with Crippen LogP contribution in [-0.4, -0.2) is 22.6 Å². The SMILES string of the molecule is CC(=O)C(=CNc1cccc(C(=O)O)c1Cl)C(C)=O. The van der Waals surface area contributed by atoms with E-state index in [1.165, 1.54) is 32.2 Å². The molecule has 0 radical (unpaired) electrons. The molecule has 0 fully saturated rings. The Morgan fingerprint density at radius 2 is 1.79 bits per heavy atom. The maximum Gasteiger partial charge on any atom is 0.337 e. The molecule has 0 amide bonds. The number of anilines is 1. The Bertz CT molecular complexity index is 562. The van der Waals surface area contributed by atoms with Gasteiger partial charge < -0.3 is 10.4 Å². The standard InChI is InChI=1S/C13H12ClNO4/c1-7(16)10(8(2)17)6-15-11-5-3-4-9(12(11)14)13(18)19/h3-6,15H,1-2H3,(H,18,19). The Balaban J connectivity index is 3.10. The van der Waals surface area contributed by atoms with Crippen molar-refractivity contribution in [2.75, 3.05) is 5.32 Å². The molecule has 6 heteroatoms. The number of carbonyl (C=O) groups excluding carboxylic acids is 2. The number of hydrogen-bond donors (Lipinski definition) is 2. The van der Waals surface area contributed by atoms with Gasteiger partial charge in [0.15, 0.2) is 11.6 Å². The Morgan fingerprint density at radius 1 is 1.21 bits per heavy atom. The lowest BCUT2D eigenvalue weighted by Gasteiger charge is -2.07. The van der Waals surface area contributed by atoms with Gasteiger partial charge in [0, 0.05) is 6.20 Å². The molecule has 0 spiro atoms. The molecule has 2 N–H and O–H groups in total. The average Bonchev–Trinajstić information content (AvgIpc) is 2.30. The summed E-state index contributed by atoms with van der Waals surface area (Å²) in [5, 5.41) is 11.6. The van der Waals surface area contributed by atoms with E-state index in [0.717, 1.165) is 0 Å². The fraction of sp³-hybridized carbons (Fsp3) is 0.154. The molecule has 0 heterocycles. The lowest BCUT2D eigenvalue weighted by molar-refractivity contribution is -0.119. The average molecular weight is 282 g/mol. The summed E-state index contributed by atoms with van der Waals surface area (Å²) in [6, 6.07) is 4.41. The summed E-state index contributed by atoms with van der Waals surface area (Å²) < 4.78 is 0. The van der Waals surface area contributed by atoms with Crippen LogP contribution in [0.15, 0.2) is 30.0 Å². The van der Waals surface area contributed by atoms with Gasteiger partial charge in [0.05, 0.1) is 21.8 Å². The molecular formula is C13H12ClNO4. The van der Waals surface area contributed by atoms with Crippen LogP contribution >= 0.6 is 11.6 Å². The number of ketones is 2. The van der Waals surface area contributed by atoms with Crippen LogP contribution in [0.3, 0.4) is 0 Å². The minimum absolute atomic E-state index is 0.0118. The van der Waals surface area contributed by atoms with E-state index in [0.29, 0.717) is 5.69 Å². The van der Waals surface area contributed by atoms with Crippen LogP contribution in [0.1, 0.15) is 24.2 Å². The monoisotopic (exact) mass is 281 g/mol. The number of allylic oxidation sites excluding steroid dienone is 1. The summed E-state index contributed by atoms with van der Waals surface area (Å²) in [5.41, 5.74) is 0.227. The van der Waals surface area contributed by atoms with Crippen molar-refractivity contribution in [1.82, 2.24) is 0 Å². The van der Waals surface area contributed by atoms with Gasteiger partial charge in [0.2, 0.25) is 0 Å². The summed E-state index contributed by atoms with van der Waals surface area (Å²) in [5.74, 6) is -1.92. The predicted octanol–water partition coefficient (Wildman–Crippen LogP) is 2.51. The van der Waals surface area contributed by atoms with E-state index < -0.39 is 5.97 Å². The second-order valence-corrected chi connectivity index (χ2v) is 4.16. The van der Waals surface area contributed by atoms with Gasteiger partial charge in [-0.1, -0.05) is 17.7 Å². The third kappa shape index (κ3) is 3.66. The molecule has 5 nitrogen and oxygen atoms in total. The normalized spacial score (nSPS) is 9.63. The minimum atomic E-state index is -1.16. The second kappa shape index (κ2) is 6.15. The van der Waals surface area contributed by atoms with Crippen molar-refractivity contribution in [2.24, 2.45) is 0 Å². The molecule has 0 unspecified atom stereocenters. The number of benzene rings is 1. The van der Waals surface area contributed by atoms with Crippen molar-refractivity contribution in [2.45, 2.75) is 13.8 Å². The van der Waals surface area contributed by atoms with Crippen molar-refractivity contribution >= 4 is 34.8 Å². The lowest BCUT2D eigenvalue weighted by Crippen LogP contribution is -2.09. The maximum absolute atomic E-state index is 11.2. The molecule has 0 saturated carbocycles. The van der Waals surface area contributed by atoms with E-state index in [-0.39, 0.29) is 27.7 Å². The molecule has 0 aliphatic carbocycles. The van der Waals surface area contributed by atoms with Gasteiger partial charge >= 0.3 is 5.97 Å². The van der Waals surface area contributed by atoms with Gasteiger partial charge in [-0.05, 0) is 26.0 Å². The molecule has 0 aliphatic heterocycles. The number of hydrogen-bond acceptors (Lipinski definition) is 4. The third-order valence-corrected chi connectivity index (χ3v) is 2.77. The van der Waals surface area contributed by atoms with E-state index in [4.69, 9.17) is 16.7 Å². The summed E-state index contributed by atoms with van der Waals surface area (Å²) in [6.45, 7) is 2.54. The fourth-order valence-corrected chi connectivity index (χ4v) is 1.67. The summed E-state index contributed by atoms with van der Waals surface area (Å²) >= 11 is 5.90. The first-order chi connectivity index (χ1) is 8.84. The highest BCUT2D eigenvalue weighted by molar-refractivity contribution is 6.36. The number of rotatable bonds is 5. The van der Waals surface area contributed by atoms with E-state index in [1.807, 2.05) is 0 Å². The summed E-state index contributed by atoms with van der Waals surface area (Å²) in [6.07, 6.45) is 1.22. The second-order valence-electron chi connectivity index (χ2n) is 3.79. The van der Waals surface area contributed by atoms with Crippen LogP contribution in [-0.2, 0) is 9.59 Å². The minimum Gasteiger partial charge on any atom is -0.478 e. The van der Waals surface area contributed by atoms with Gasteiger partial charge in [-0.2, -0.15) is 0 Å². The van der Waals surface area contributed by atoms with Crippen molar-refractivity contribution in [3.05, 3.63) is 40.6 Å². The summed E-state index contributed by atoms with van der Waals surface area (Å²) in [7, 11) is 0. The van der Waals surface area contributed by atoms with Crippen LogP contribution < -0.4 is 5.32 Å². The molecule has 1 aromatic rings. The molecule has 100 valence electrons. The Kier molecular flexibility index (Phi) is 4.83. The van der Waals surface area contributed by atoms with Crippen LogP contribution in [0.25, 0.3) is 0 Å². The first-order valence-electron chi connectivity index (χ1n) is 5.35. The highest BCUT2D eigenvalue weighted by Gasteiger charge is 2.13.